The molecule has 11 nitrogen and oxygen atoms in total. The van der Waals surface area contributed by atoms with Crippen LogP contribution in [0.5, 0.6) is 23.0 Å². The lowest BCUT2D eigenvalue weighted by Gasteiger charge is -2.15. The summed E-state index contributed by atoms with van der Waals surface area (Å²) in [5, 5.41) is 15.6. The van der Waals surface area contributed by atoms with E-state index in [1.165, 1.54) is 34.7 Å². The highest BCUT2D eigenvalue weighted by Crippen LogP contribution is 2.43. The first-order chi connectivity index (χ1) is 16.3. The molecule has 0 spiro atoms. The third kappa shape index (κ3) is 5.04. The Bertz CT molecular complexity index is 1170. The molecule has 1 amide bonds. The lowest BCUT2D eigenvalue weighted by Crippen LogP contribution is -2.37. The third-order valence-corrected chi connectivity index (χ3v) is 5.01. The Balaban J connectivity index is 2.02. The van der Waals surface area contributed by atoms with Crippen LogP contribution in [0.3, 0.4) is 0 Å². The zero-order valence-electron chi connectivity index (χ0n) is 19.1. The van der Waals surface area contributed by atoms with Crippen LogP contribution in [0.4, 0.5) is 5.69 Å². The van der Waals surface area contributed by atoms with E-state index in [2.05, 4.69) is 10.5 Å². The first-order valence-corrected chi connectivity index (χ1v) is 10.0. The highest BCUT2D eigenvalue weighted by Gasteiger charge is 2.22. The molecule has 0 aliphatic heterocycles. The SMILES string of the molecule is COc1ccc(-c2conc2-c2cc(OC)c(OC)c(OC)c2)cc1NC(=O)C(N)CC(=O)O. The van der Waals surface area contributed by atoms with Crippen LogP contribution in [0.1, 0.15) is 6.42 Å². The fraction of sp³-hybridized carbons (Fsp3) is 0.261. The van der Waals surface area contributed by atoms with Gasteiger partial charge in [-0.1, -0.05) is 11.2 Å². The maximum atomic E-state index is 12.4. The number of anilines is 1. The number of carboxylic acid groups (broad SMARTS) is 1. The van der Waals surface area contributed by atoms with E-state index in [-0.39, 0.29) is 0 Å². The molecule has 0 saturated heterocycles. The van der Waals surface area contributed by atoms with Crippen LogP contribution in [-0.2, 0) is 9.59 Å². The zero-order chi connectivity index (χ0) is 24.8. The summed E-state index contributed by atoms with van der Waals surface area (Å²) in [6.07, 6.45) is 0.951. The number of aliphatic carboxylic acids is 1. The van der Waals surface area contributed by atoms with Gasteiger partial charge in [-0.25, -0.2) is 0 Å². The van der Waals surface area contributed by atoms with Crippen LogP contribution in [0.25, 0.3) is 22.4 Å². The molecule has 3 aromatic rings. The van der Waals surface area contributed by atoms with Gasteiger partial charge in [0.05, 0.1) is 46.6 Å². The number of nitrogens with zero attached hydrogens (tertiary/aromatic N) is 1. The number of rotatable bonds is 10. The first kappa shape index (κ1) is 24.4. The molecule has 0 aliphatic rings. The highest BCUT2D eigenvalue weighted by atomic mass is 16.5. The molecule has 34 heavy (non-hydrogen) atoms. The molecule has 1 atom stereocenters. The van der Waals surface area contributed by atoms with E-state index < -0.39 is 24.3 Å². The van der Waals surface area contributed by atoms with Gasteiger partial charge in [0.25, 0.3) is 0 Å². The summed E-state index contributed by atoms with van der Waals surface area (Å²) in [5.74, 6) is -0.144. The maximum absolute atomic E-state index is 12.4. The van der Waals surface area contributed by atoms with Gasteiger partial charge in [-0.15, -0.1) is 0 Å². The van der Waals surface area contributed by atoms with Crippen molar-refractivity contribution in [3.8, 4) is 45.4 Å². The molecule has 0 bridgehead atoms. The van der Waals surface area contributed by atoms with Crippen LogP contribution in [0.2, 0.25) is 0 Å². The van der Waals surface area contributed by atoms with Crippen LogP contribution in [0, 0.1) is 0 Å². The van der Waals surface area contributed by atoms with Crippen molar-refractivity contribution in [1.82, 2.24) is 5.16 Å². The quantitative estimate of drug-likeness (QED) is 0.402. The summed E-state index contributed by atoms with van der Waals surface area (Å²) in [5.41, 5.74) is 8.38. The Kier molecular flexibility index (Phi) is 7.59. The number of hydrogen-bond acceptors (Lipinski definition) is 9. The third-order valence-electron chi connectivity index (χ3n) is 5.01. The Morgan fingerprint density at radius 3 is 2.21 bits per heavy atom. The fourth-order valence-corrected chi connectivity index (χ4v) is 3.35. The van der Waals surface area contributed by atoms with Crippen molar-refractivity contribution in [1.29, 1.82) is 0 Å². The van der Waals surface area contributed by atoms with Crippen molar-refractivity contribution in [3.63, 3.8) is 0 Å². The van der Waals surface area contributed by atoms with E-state index in [0.29, 0.717) is 51.1 Å². The van der Waals surface area contributed by atoms with Gasteiger partial charge in [0, 0.05) is 11.1 Å². The number of aromatic nitrogens is 1. The average molecular weight is 471 g/mol. The number of methoxy groups -OCH3 is 4. The topological polar surface area (TPSA) is 155 Å². The monoisotopic (exact) mass is 471 g/mol. The van der Waals surface area contributed by atoms with Crippen molar-refractivity contribution >= 4 is 17.6 Å². The fourth-order valence-electron chi connectivity index (χ4n) is 3.35. The highest BCUT2D eigenvalue weighted by molar-refractivity contribution is 5.98. The maximum Gasteiger partial charge on any atom is 0.305 e. The van der Waals surface area contributed by atoms with E-state index in [9.17, 15) is 9.59 Å². The summed E-state index contributed by atoms with van der Waals surface area (Å²) in [6, 6.07) is 7.31. The lowest BCUT2D eigenvalue weighted by molar-refractivity contribution is -0.138. The van der Waals surface area contributed by atoms with Gasteiger partial charge in [-0.05, 0) is 29.8 Å². The second-order valence-electron chi connectivity index (χ2n) is 7.10. The second-order valence-corrected chi connectivity index (χ2v) is 7.10. The molecule has 0 aliphatic carbocycles. The number of hydrogen-bond donors (Lipinski definition) is 3. The molecule has 0 fully saturated rings. The largest absolute Gasteiger partial charge is 0.495 e. The molecule has 11 heteroatoms. The summed E-state index contributed by atoms with van der Waals surface area (Å²) in [6.45, 7) is 0. The molecule has 4 N–H and O–H groups in total. The van der Waals surface area contributed by atoms with E-state index in [1.807, 2.05) is 0 Å². The van der Waals surface area contributed by atoms with Crippen molar-refractivity contribution < 1.29 is 38.2 Å². The number of nitrogens with two attached hydrogens (primary N) is 1. The minimum Gasteiger partial charge on any atom is -0.495 e. The molecule has 1 heterocycles. The Morgan fingerprint density at radius 2 is 1.65 bits per heavy atom. The lowest BCUT2D eigenvalue weighted by atomic mass is 10.0. The van der Waals surface area contributed by atoms with E-state index >= 15 is 0 Å². The van der Waals surface area contributed by atoms with E-state index in [4.69, 9.17) is 34.3 Å². The predicted molar refractivity (Wildman–Crippen MR) is 122 cm³/mol. The molecule has 1 aromatic heterocycles. The van der Waals surface area contributed by atoms with Gasteiger partial charge < -0.3 is 39.6 Å². The number of nitrogens with one attached hydrogen (secondary N) is 1. The molecule has 3 rings (SSSR count). The molecule has 2 aromatic carbocycles. The van der Waals surface area contributed by atoms with Gasteiger partial charge in [-0.2, -0.15) is 0 Å². The molecule has 0 radical (unpaired) electrons. The first-order valence-electron chi connectivity index (χ1n) is 10.0. The van der Waals surface area contributed by atoms with Crippen molar-refractivity contribution in [2.45, 2.75) is 12.5 Å². The number of benzene rings is 2. The van der Waals surface area contributed by atoms with Crippen LogP contribution in [-0.4, -0.2) is 56.6 Å². The Hall–Kier alpha value is -4.25. The number of carboxylic acids is 1. The van der Waals surface area contributed by atoms with Gasteiger partial charge in [0.15, 0.2) is 11.5 Å². The summed E-state index contributed by atoms with van der Waals surface area (Å²) in [7, 11) is 5.98. The number of ether oxygens (including phenoxy) is 4. The normalized spacial score (nSPS) is 11.4. The minimum atomic E-state index is -1.23. The molecule has 0 saturated carbocycles. The number of carbonyl (C=O) groups is 2. The van der Waals surface area contributed by atoms with Crippen LogP contribution < -0.4 is 30.0 Å². The average Bonchev–Trinajstić information content (AvgIpc) is 3.32. The Labute approximate surface area is 195 Å². The van der Waals surface area contributed by atoms with Gasteiger partial charge in [0.1, 0.15) is 17.7 Å². The number of carbonyl (C=O) groups excluding carboxylic acids is 1. The standard InChI is InChI=1S/C23H25N3O8/c1-30-17-6-5-12(7-16(17)25-23(29)15(24)10-20(27)28)14-11-34-26-21(14)13-8-18(31-2)22(33-4)19(9-13)32-3/h5-9,11,15H,10,24H2,1-4H3,(H,25,29)(H,27,28). The van der Waals surface area contributed by atoms with Crippen molar-refractivity contribution in [2.75, 3.05) is 33.8 Å². The summed E-state index contributed by atoms with van der Waals surface area (Å²) >= 11 is 0. The molecule has 180 valence electrons. The van der Waals surface area contributed by atoms with Gasteiger partial charge >= 0.3 is 5.97 Å². The number of amides is 1. The second kappa shape index (κ2) is 10.6. The summed E-state index contributed by atoms with van der Waals surface area (Å²) in [4.78, 5) is 23.3. The van der Waals surface area contributed by atoms with Crippen LogP contribution in [0.15, 0.2) is 41.1 Å². The zero-order valence-corrected chi connectivity index (χ0v) is 19.1. The molecule has 1 unspecified atom stereocenters. The van der Waals surface area contributed by atoms with Crippen molar-refractivity contribution in [2.24, 2.45) is 5.73 Å². The molecular weight excluding hydrogens is 446 g/mol. The smallest absolute Gasteiger partial charge is 0.305 e. The molecular formula is C23H25N3O8. The Morgan fingerprint density at radius 1 is 1.00 bits per heavy atom. The van der Waals surface area contributed by atoms with Gasteiger partial charge in [-0.3, -0.25) is 9.59 Å². The predicted octanol–water partition coefficient (Wildman–Crippen LogP) is 2.78. The van der Waals surface area contributed by atoms with E-state index in [1.54, 1.807) is 30.3 Å². The summed E-state index contributed by atoms with van der Waals surface area (Å²) < 4.78 is 26.8. The van der Waals surface area contributed by atoms with E-state index in [0.717, 1.165) is 0 Å². The van der Waals surface area contributed by atoms with Crippen molar-refractivity contribution in [3.05, 3.63) is 36.6 Å². The minimum absolute atomic E-state index is 0.308. The van der Waals surface area contributed by atoms with Crippen LogP contribution >= 0.6 is 0 Å². The van der Waals surface area contributed by atoms with Gasteiger partial charge in [0.2, 0.25) is 11.7 Å².